The van der Waals surface area contributed by atoms with Gasteiger partial charge in [-0.3, -0.25) is 9.59 Å². The lowest BCUT2D eigenvalue weighted by molar-refractivity contribution is -0.130. The third kappa shape index (κ3) is 4.93. The minimum atomic E-state index is -0.606. The van der Waals surface area contributed by atoms with Gasteiger partial charge in [0.15, 0.2) is 11.6 Å². The van der Waals surface area contributed by atoms with E-state index in [4.69, 9.17) is 4.74 Å². The number of fused-ring (bicyclic) bond motifs is 1. The van der Waals surface area contributed by atoms with Crippen molar-refractivity contribution in [1.29, 1.82) is 0 Å². The van der Waals surface area contributed by atoms with Gasteiger partial charge in [-0.15, -0.1) is 11.8 Å². The summed E-state index contributed by atoms with van der Waals surface area (Å²) in [5.74, 6) is -0.372. The maximum Gasteiger partial charge on any atom is 0.267 e. The molecule has 0 bridgehead atoms. The molecule has 0 fully saturated rings. The van der Waals surface area contributed by atoms with Gasteiger partial charge in [0.25, 0.3) is 5.91 Å². The second kappa shape index (κ2) is 10.2. The van der Waals surface area contributed by atoms with Gasteiger partial charge in [-0.25, -0.2) is 4.39 Å². The van der Waals surface area contributed by atoms with E-state index < -0.39 is 11.9 Å². The molecule has 0 saturated heterocycles. The molecule has 2 atom stereocenters. The number of hydrogen-bond donors (Lipinski definition) is 2. The molecule has 0 aromatic heterocycles. The van der Waals surface area contributed by atoms with Gasteiger partial charge in [0, 0.05) is 36.2 Å². The minimum Gasteiger partial charge on any atom is -0.454 e. The van der Waals surface area contributed by atoms with Gasteiger partial charge in [0.1, 0.15) is 11.8 Å². The van der Waals surface area contributed by atoms with Crippen LogP contribution >= 0.6 is 11.8 Å². The number of nitrogens with one attached hydrogen (secondary N) is 2. The number of carbonyl (C=O) groups is 2. The van der Waals surface area contributed by atoms with Crippen molar-refractivity contribution in [3.05, 3.63) is 71.3 Å². The number of benzene rings is 2. The van der Waals surface area contributed by atoms with Crippen molar-refractivity contribution in [3.63, 3.8) is 0 Å². The Morgan fingerprint density at radius 3 is 2.63 bits per heavy atom. The molecule has 0 spiro atoms. The van der Waals surface area contributed by atoms with Crippen molar-refractivity contribution < 1.29 is 18.7 Å². The highest BCUT2D eigenvalue weighted by atomic mass is 32.2. The number of halogens is 1. The highest BCUT2D eigenvalue weighted by Crippen LogP contribution is 2.42. The van der Waals surface area contributed by atoms with Crippen LogP contribution in [0.4, 0.5) is 4.39 Å². The summed E-state index contributed by atoms with van der Waals surface area (Å²) in [7, 11) is 1.69. The molecule has 2 aromatic carbocycles. The molecule has 8 heteroatoms. The number of nitrogens with zero attached hydrogens (tertiary/aromatic N) is 1. The Morgan fingerprint density at radius 1 is 1.23 bits per heavy atom. The van der Waals surface area contributed by atoms with Gasteiger partial charge in [-0.1, -0.05) is 19.9 Å². The summed E-state index contributed by atoms with van der Waals surface area (Å²) in [6, 6.07) is 10.1. The number of thioether (sulfide) groups is 1. The molecule has 0 radical (unpaired) electrons. The standard InChI is InChI=1S/C27H30FN3O3S/c1-6-29-26(32)22-13-19-20(14-31(4)27(33)25(19)30-22)18-12-17(35-5)8-10-23(18)34-24-9-7-16(15(2)3)11-21(24)28/h7-15,19,25,30H,6H2,1-5H3,(H,29,32). The summed E-state index contributed by atoms with van der Waals surface area (Å²) in [4.78, 5) is 27.9. The van der Waals surface area contributed by atoms with E-state index in [-0.39, 0.29) is 29.4 Å². The van der Waals surface area contributed by atoms with Crippen molar-refractivity contribution in [3.8, 4) is 11.5 Å². The summed E-state index contributed by atoms with van der Waals surface area (Å²) in [6.07, 6.45) is 5.54. The first-order valence-electron chi connectivity index (χ1n) is 11.6. The van der Waals surface area contributed by atoms with Crippen LogP contribution < -0.4 is 15.4 Å². The number of carbonyl (C=O) groups excluding carboxylic acids is 2. The van der Waals surface area contributed by atoms with Crippen molar-refractivity contribution in [2.45, 2.75) is 37.6 Å². The molecule has 35 heavy (non-hydrogen) atoms. The maximum atomic E-state index is 14.9. The Bertz CT molecular complexity index is 1220. The van der Waals surface area contributed by atoms with E-state index in [1.165, 1.54) is 11.0 Å². The SMILES string of the molecule is CCNC(=O)C1=CC2C(c3cc(SC)ccc3Oc3ccc(C(C)C)cc3F)=CN(C)C(=O)C2N1. The summed E-state index contributed by atoms with van der Waals surface area (Å²) in [5.41, 5.74) is 2.82. The van der Waals surface area contributed by atoms with Gasteiger partial charge in [0.2, 0.25) is 5.91 Å². The normalized spacial score (nSPS) is 19.2. The molecular weight excluding hydrogens is 465 g/mol. The van der Waals surface area contributed by atoms with E-state index >= 15 is 0 Å². The van der Waals surface area contributed by atoms with E-state index in [0.717, 1.165) is 21.6 Å². The van der Waals surface area contributed by atoms with Crippen LogP contribution in [0.5, 0.6) is 11.5 Å². The van der Waals surface area contributed by atoms with Crippen LogP contribution in [0.1, 0.15) is 37.8 Å². The Balaban J connectivity index is 1.77. The van der Waals surface area contributed by atoms with E-state index in [2.05, 4.69) is 10.6 Å². The topological polar surface area (TPSA) is 70.7 Å². The number of hydrogen-bond acceptors (Lipinski definition) is 5. The Labute approximate surface area is 209 Å². The van der Waals surface area contributed by atoms with Gasteiger partial charge in [-0.05, 0) is 66.6 Å². The molecule has 2 amide bonds. The average molecular weight is 496 g/mol. The average Bonchev–Trinajstić information content (AvgIpc) is 3.29. The van der Waals surface area contributed by atoms with Gasteiger partial charge in [-0.2, -0.15) is 0 Å². The lowest BCUT2D eigenvalue weighted by atomic mass is 9.85. The highest BCUT2D eigenvalue weighted by molar-refractivity contribution is 7.98. The molecule has 4 rings (SSSR count). The maximum absolute atomic E-state index is 14.9. The molecule has 2 unspecified atom stereocenters. The van der Waals surface area contributed by atoms with Crippen molar-refractivity contribution in [2.24, 2.45) is 5.92 Å². The minimum absolute atomic E-state index is 0.131. The molecular formula is C27H30FN3O3S. The lowest BCUT2D eigenvalue weighted by Gasteiger charge is -2.32. The Morgan fingerprint density at radius 2 is 1.97 bits per heavy atom. The molecule has 0 saturated carbocycles. The number of ether oxygens (including phenoxy) is 1. The Hall–Kier alpha value is -3.26. The molecule has 0 aliphatic carbocycles. The zero-order valence-electron chi connectivity index (χ0n) is 20.5. The van der Waals surface area contributed by atoms with Gasteiger partial charge in [0.05, 0.1) is 5.70 Å². The quantitative estimate of drug-likeness (QED) is 0.536. The number of rotatable bonds is 7. The Kier molecular flexibility index (Phi) is 7.21. The predicted molar refractivity (Wildman–Crippen MR) is 137 cm³/mol. The zero-order valence-corrected chi connectivity index (χ0v) is 21.3. The van der Waals surface area contributed by atoms with Crippen molar-refractivity contribution >= 4 is 29.1 Å². The highest BCUT2D eigenvalue weighted by Gasteiger charge is 2.42. The second-order valence-corrected chi connectivity index (χ2v) is 9.81. The summed E-state index contributed by atoms with van der Waals surface area (Å²) >= 11 is 1.58. The van der Waals surface area contributed by atoms with Crippen LogP contribution in [0.3, 0.4) is 0 Å². The third-order valence-electron chi connectivity index (χ3n) is 6.24. The van der Waals surface area contributed by atoms with Crippen molar-refractivity contribution in [1.82, 2.24) is 15.5 Å². The van der Waals surface area contributed by atoms with Crippen LogP contribution in [-0.4, -0.2) is 42.6 Å². The fraction of sp³-hybridized carbons (Fsp3) is 0.333. The third-order valence-corrected chi connectivity index (χ3v) is 6.97. The van der Waals surface area contributed by atoms with Crippen molar-refractivity contribution in [2.75, 3.05) is 19.8 Å². The van der Waals surface area contributed by atoms with E-state index in [0.29, 0.717) is 18.0 Å². The fourth-order valence-corrected chi connectivity index (χ4v) is 4.76. The van der Waals surface area contributed by atoms with E-state index in [9.17, 15) is 14.0 Å². The number of likely N-dealkylation sites (N-methyl/N-ethyl adjacent to an activating group) is 2. The van der Waals surface area contributed by atoms with Crippen LogP contribution in [-0.2, 0) is 9.59 Å². The van der Waals surface area contributed by atoms with Crippen LogP contribution in [0.2, 0.25) is 0 Å². The van der Waals surface area contributed by atoms with Gasteiger partial charge >= 0.3 is 0 Å². The summed E-state index contributed by atoms with van der Waals surface area (Å²) in [5, 5.41) is 5.87. The zero-order chi connectivity index (χ0) is 25.3. The molecule has 6 nitrogen and oxygen atoms in total. The molecule has 184 valence electrons. The summed E-state index contributed by atoms with van der Waals surface area (Å²) in [6.45, 7) is 6.35. The fourth-order valence-electron chi connectivity index (χ4n) is 4.32. The molecule has 2 aliphatic rings. The molecule has 2 heterocycles. The molecule has 2 aromatic rings. The van der Waals surface area contributed by atoms with Gasteiger partial charge < -0.3 is 20.3 Å². The molecule has 2 N–H and O–H groups in total. The smallest absolute Gasteiger partial charge is 0.267 e. The van der Waals surface area contributed by atoms with Crippen LogP contribution in [0, 0.1) is 11.7 Å². The first-order valence-corrected chi connectivity index (χ1v) is 12.9. The second-order valence-electron chi connectivity index (χ2n) is 8.93. The summed E-state index contributed by atoms with van der Waals surface area (Å²) < 4.78 is 21.0. The predicted octanol–water partition coefficient (Wildman–Crippen LogP) is 4.88. The largest absolute Gasteiger partial charge is 0.454 e. The van der Waals surface area contributed by atoms with E-state index in [1.807, 2.05) is 51.3 Å². The molecule has 2 aliphatic heterocycles. The first kappa shape index (κ1) is 24.9. The van der Waals surface area contributed by atoms with E-state index in [1.54, 1.807) is 37.2 Å². The first-order chi connectivity index (χ1) is 16.7. The lowest BCUT2D eigenvalue weighted by Crippen LogP contribution is -2.48. The monoisotopic (exact) mass is 495 g/mol. The van der Waals surface area contributed by atoms with Crippen LogP contribution in [0.15, 0.2) is 59.3 Å². The number of amides is 2. The van der Waals surface area contributed by atoms with Crippen LogP contribution in [0.25, 0.3) is 5.57 Å².